The maximum absolute atomic E-state index is 13.7. The maximum Gasteiger partial charge on any atom is 0.223 e. The molecule has 0 spiro atoms. The number of hydrogen-bond acceptors (Lipinski definition) is 4. The molecule has 0 aliphatic heterocycles. The van der Waals surface area contributed by atoms with Crippen molar-refractivity contribution in [1.29, 1.82) is 0 Å². The van der Waals surface area contributed by atoms with Crippen LogP contribution in [-0.4, -0.2) is 19.2 Å². The first-order chi connectivity index (χ1) is 9.27. The topological polar surface area (TPSA) is 55.7 Å². The lowest BCUT2D eigenvalue weighted by molar-refractivity contribution is 0.638. The first kappa shape index (κ1) is 11.9. The molecule has 0 saturated carbocycles. The first-order valence-corrected chi connectivity index (χ1v) is 6.64. The molecule has 0 fully saturated rings. The summed E-state index contributed by atoms with van der Waals surface area (Å²) in [4.78, 5) is 12.4. The molecule has 1 atom stereocenters. The minimum absolute atomic E-state index is 0.182. The number of aromatic nitrogens is 3. The van der Waals surface area contributed by atoms with E-state index in [1.807, 2.05) is 0 Å². The minimum Gasteiger partial charge on any atom is -0.255 e. The summed E-state index contributed by atoms with van der Waals surface area (Å²) < 4.78 is 26.1. The Morgan fingerprint density at radius 1 is 0.947 bits per heavy atom. The summed E-state index contributed by atoms with van der Waals surface area (Å²) in [5.41, 5.74) is 0.369. The smallest absolute Gasteiger partial charge is 0.223 e. The number of nitrogens with zero attached hydrogens (tertiary/aromatic N) is 3. The molecule has 94 valence electrons. The van der Waals surface area contributed by atoms with E-state index >= 15 is 0 Å². The molecule has 1 aromatic carbocycles. The van der Waals surface area contributed by atoms with E-state index in [4.69, 9.17) is 0 Å². The van der Waals surface area contributed by atoms with Gasteiger partial charge in [-0.05, 0) is 30.3 Å². The van der Waals surface area contributed by atoms with E-state index in [1.165, 1.54) is 30.7 Å². The molecule has 0 amide bonds. The second-order valence-electron chi connectivity index (χ2n) is 3.75. The van der Waals surface area contributed by atoms with Crippen molar-refractivity contribution in [2.45, 2.75) is 10.1 Å². The Labute approximate surface area is 110 Å². The standard InChI is InChI=1S/C13H8FN3OS/c14-10-4-5-11(12-9(10)3-1-6-15-12)19(18)13-16-7-2-8-17-13/h1-8H. The minimum atomic E-state index is -1.58. The number of benzene rings is 1. The zero-order valence-corrected chi connectivity index (χ0v) is 10.5. The molecule has 0 saturated heterocycles. The van der Waals surface area contributed by atoms with Gasteiger partial charge in [-0.1, -0.05) is 0 Å². The largest absolute Gasteiger partial charge is 0.255 e. The summed E-state index contributed by atoms with van der Waals surface area (Å²) in [5, 5.41) is 0.519. The molecule has 1 unspecified atom stereocenters. The van der Waals surface area contributed by atoms with Crippen LogP contribution in [-0.2, 0) is 10.8 Å². The van der Waals surface area contributed by atoms with E-state index in [2.05, 4.69) is 15.0 Å². The average molecular weight is 273 g/mol. The van der Waals surface area contributed by atoms with Crippen LogP contribution >= 0.6 is 0 Å². The van der Waals surface area contributed by atoms with Crippen molar-refractivity contribution in [1.82, 2.24) is 15.0 Å². The lowest BCUT2D eigenvalue weighted by Crippen LogP contribution is -2.01. The molecular weight excluding hydrogens is 265 g/mol. The normalized spacial score (nSPS) is 12.5. The van der Waals surface area contributed by atoms with Gasteiger partial charge in [-0.25, -0.2) is 18.6 Å². The average Bonchev–Trinajstić information content (AvgIpc) is 2.48. The van der Waals surface area contributed by atoms with Crippen LogP contribution in [0.3, 0.4) is 0 Å². The molecule has 2 heterocycles. The van der Waals surface area contributed by atoms with Crippen molar-refractivity contribution in [2.24, 2.45) is 0 Å². The highest BCUT2D eigenvalue weighted by molar-refractivity contribution is 7.85. The second-order valence-corrected chi connectivity index (χ2v) is 5.09. The summed E-state index contributed by atoms with van der Waals surface area (Å²) >= 11 is 0. The Kier molecular flexibility index (Phi) is 3.00. The third kappa shape index (κ3) is 2.10. The fraction of sp³-hybridized carbons (Fsp3) is 0. The van der Waals surface area contributed by atoms with E-state index in [0.717, 1.165) is 0 Å². The van der Waals surface area contributed by atoms with Gasteiger partial charge in [0.05, 0.1) is 10.4 Å². The van der Waals surface area contributed by atoms with Gasteiger partial charge in [-0.15, -0.1) is 0 Å². The quantitative estimate of drug-likeness (QED) is 0.672. The molecular formula is C13H8FN3OS. The Bertz CT molecular complexity index is 764. The molecule has 3 rings (SSSR count). The number of fused-ring (bicyclic) bond motifs is 1. The van der Waals surface area contributed by atoms with Gasteiger partial charge < -0.3 is 0 Å². The highest BCUT2D eigenvalue weighted by Crippen LogP contribution is 2.24. The maximum atomic E-state index is 13.7. The highest BCUT2D eigenvalue weighted by atomic mass is 32.2. The van der Waals surface area contributed by atoms with Gasteiger partial charge >= 0.3 is 0 Å². The molecule has 3 aromatic rings. The summed E-state index contributed by atoms with van der Waals surface area (Å²) in [6.07, 6.45) is 4.56. The van der Waals surface area contributed by atoms with Crippen LogP contribution in [0.4, 0.5) is 4.39 Å². The van der Waals surface area contributed by atoms with Gasteiger partial charge in [-0.2, -0.15) is 0 Å². The van der Waals surface area contributed by atoms with Gasteiger partial charge in [-0.3, -0.25) is 4.98 Å². The van der Waals surface area contributed by atoms with Crippen LogP contribution < -0.4 is 0 Å². The van der Waals surface area contributed by atoms with Crippen LogP contribution in [0.15, 0.2) is 59.0 Å². The van der Waals surface area contributed by atoms with E-state index < -0.39 is 16.6 Å². The predicted molar refractivity (Wildman–Crippen MR) is 68.4 cm³/mol. The third-order valence-corrected chi connectivity index (χ3v) is 3.86. The number of hydrogen-bond donors (Lipinski definition) is 0. The fourth-order valence-electron chi connectivity index (χ4n) is 1.74. The molecule has 0 aliphatic rings. The SMILES string of the molecule is O=S(c1ncccn1)c1ccc(F)c2cccnc12. The van der Waals surface area contributed by atoms with Crippen molar-refractivity contribution in [3.63, 3.8) is 0 Å². The summed E-state index contributed by atoms with van der Waals surface area (Å²) in [6.45, 7) is 0. The van der Waals surface area contributed by atoms with Crippen LogP contribution in [0.1, 0.15) is 0 Å². The monoisotopic (exact) mass is 273 g/mol. The van der Waals surface area contributed by atoms with Gasteiger partial charge in [0.15, 0.2) is 0 Å². The fourth-order valence-corrected chi connectivity index (χ4v) is 2.78. The van der Waals surface area contributed by atoms with Crippen LogP contribution in [0.25, 0.3) is 10.9 Å². The van der Waals surface area contributed by atoms with E-state index in [9.17, 15) is 8.60 Å². The van der Waals surface area contributed by atoms with Crippen molar-refractivity contribution < 1.29 is 8.60 Å². The highest BCUT2D eigenvalue weighted by Gasteiger charge is 2.15. The van der Waals surface area contributed by atoms with Crippen LogP contribution in [0, 0.1) is 5.82 Å². The Morgan fingerprint density at radius 3 is 2.47 bits per heavy atom. The first-order valence-electron chi connectivity index (χ1n) is 5.49. The molecule has 0 bridgehead atoms. The Morgan fingerprint density at radius 2 is 1.68 bits per heavy atom. The van der Waals surface area contributed by atoms with Crippen molar-refractivity contribution in [3.05, 3.63) is 54.7 Å². The zero-order valence-electron chi connectivity index (χ0n) is 9.65. The van der Waals surface area contributed by atoms with Gasteiger partial charge in [0.25, 0.3) is 0 Å². The number of pyridine rings is 1. The van der Waals surface area contributed by atoms with E-state index in [1.54, 1.807) is 18.2 Å². The van der Waals surface area contributed by atoms with Crippen molar-refractivity contribution in [2.75, 3.05) is 0 Å². The third-order valence-electron chi connectivity index (χ3n) is 2.59. The Hall–Kier alpha value is -2.21. The lowest BCUT2D eigenvalue weighted by atomic mass is 10.2. The second kappa shape index (κ2) is 4.81. The predicted octanol–water partition coefficient (Wildman–Crippen LogP) is 2.33. The molecule has 4 nitrogen and oxygen atoms in total. The molecule has 6 heteroatoms. The number of halogens is 1. The zero-order chi connectivity index (χ0) is 13.2. The van der Waals surface area contributed by atoms with E-state index in [0.29, 0.717) is 15.8 Å². The lowest BCUT2D eigenvalue weighted by Gasteiger charge is -2.05. The van der Waals surface area contributed by atoms with Gasteiger partial charge in [0.2, 0.25) is 5.16 Å². The summed E-state index contributed by atoms with van der Waals surface area (Å²) in [6, 6.07) is 7.61. The molecule has 19 heavy (non-hydrogen) atoms. The molecule has 0 N–H and O–H groups in total. The van der Waals surface area contributed by atoms with Crippen molar-refractivity contribution in [3.8, 4) is 0 Å². The van der Waals surface area contributed by atoms with Gasteiger partial charge in [0, 0.05) is 24.0 Å². The molecule has 0 aliphatic carbocycles. The summed E-state index contributed by atoms with van der Waals surface area (Å²) in [5.74, 6) is -0.391. The number of rotatable bonds is 2. The van der Waals surface area contributed by atoms with E-state index in [-0.39, 0.29) is 5.16 Å². The Balaban J connectivity index is 2.22. The van der Waals surface area contributed by atoms with Crippen LogP contribution in [0.5, 0.6) is 0 Å². The summed E-state index contributed by atoms with van der Waals surface area (Å²) in [7, 11) is -1.58. The van der Waals surface area contributed by atoms with Crippen molar-refractivity contribution >= 4 is 21.7 Å². The van der Waals surface area contributed by atoms with Gasteiger partial charge in [0.1, 0.15) is 16.6 Å². The molecule has 2 aromatic heterocycles. The molecule has 0 radical (unpaired) electrons. The van der Waals surface area contributed by atoms with Crippen LogP contribution in [0.2, 0.25) is 0 Å².